The van der Waals surface area contributed by atoms with Gasteiger partial charge in [0.15, 0.2) is 0 Å². The summed E-state index contributed by atoms with van der Waals surface area (Å²) in [6.07, 6.45) is 7.06. The molecule has 3 heteroatoms. The van der Waals surface area contributed by atoms with Crippen molar-refractivity contribution < 1.29 is 0 Å². The van der Waals surface area contributed by atoms with Gasteiger partial charge in [0, 0.05) is 12.4 Å². The van der Waals surface area contributed by atoms with Crippen molar-refractivity contribution in [3.8, 4) is 0 Å². The highest BCUT2D eigenvalue weighted by Crippen LogP contribution is 2.15. The fraction of sp³-hybridized carbons (Fsp3) is 0.357. The van der Waals surface area contributed by atoms with E-state index >= 15 is 0 Å². The van der Waals surface area contributed by atoms with Crippen molar-refractivity contribution >= 4 is 0 Å². The van der Waals surface area contributed by atoms with Crippen molar-refractivity contribution in [3.05, 3.63) is 54.1 Å². The molecule has 2 aromatic rings. The molecular formula is C14H19N3. The average Bonchev–Trinajstić information content (AvgIpc) is 2.90. The van der Waals surface area contributed by atoms with Crippen molar-refractivity contribution in [3.63, 3.8) is 0 Å². The van der Waals surface area contributed by atoms with Gasteiger partial charge in [-0.3, -0.25) is 0 Å². The molecule has 0 amide bonds. The first-order valence-corrected chi connectivity index (χ1v) is 6.10. The lowest BCUT2D eigenvalue weighted by Gasteiger charge is -2.13. The van der Waals surface area contributed by atoms with Gasteiger partial charge in [0.25, 0.3) is 0 Å². The number of aromatic amines is 1. The zero-order valence-corrected chi connectivity index (χ0v) is 10.2. The lowest BCUT2D eigenvalue weighted by Crippen LogP contribution is -2.17. The fourth-order valence-corrected chi connectivity index (χ4v) is 2.04. The normalized spacial score (nSPS) is 12.5. The van der Waals surface area contributed by atoms with E-state index in [4.69, 9.17) is 0 Å². The van der Waals surface area contributed by atoms with Gasteiger partial charge in [-0.15, -0.1) is 0 Å². The minimum atomic E-state index is 0.328. The summed E-state index contributed by atoms with van der Waals surface area (Å²) >= 11 is 0. The number of rotatable bonds is 6. The summed E-state index contributed by atoms with van der Waals surface area (Å²) in [6, 6.07) is 10.9. The Hall–Kier alpha value is -1.61. The predicted molar refractivity (Wildman–Crippen MR) is 69.8 cm³/mol. The standard InChI is InChI=1S/C14H19N3/c1-15-13(14-16-10-11-17-14)9-5-8-12-6-3-2-4-7-12/h2-4,6-7,10-11,13,15H,5,8-9H2,1H3,(H,16,17). The van der Waals surface area contributed by atoms with Crippen LogP contribution in [0.5, 0.6) is 0 Å². The minimum Gasteiger partial charge on any atom is -0.347 e. The highest BCUT2D eigenvalue weighted by atomic mass is 15.0. The van der Waals surface area contributed by atoms with Gasteiger partial charge in [-0.05, 0) is 31.9 Å². The van der Waals surface area contributed by atoms with Gasteiger partial charge in [-0.25, -0.2) is 4.98 Å². The molecule has 0 aliphatic carbocycles. The lowest BCUT2D eigenvalue weighted by molar-refractivity contribution is 0.506. The van der Waals surface area contributed by atoms with Crippen LogP contribution in [0.3, 0.4) is 0 Å². The van der Waals surface area contributed by atoms with Gasteiger partial charge in [0.05, 0.1) is 6.04 Å². The van der Waals surface area contributed by atoms with E-state index in [1.54, 1.807) is 6.20 Å². The maximum absolute atomic E-state index is 4.30. The summed E-state index contributed by atoms with van der Waals surface area (Å²) in [5.41, 5.74) is 1.40. The molecule has 1 aromatic carbocycles. The van der Waals surface area contributed by atoms with Crippen LogP contribution < -0.4 is 5.32 Å². The van der Waals surface area contributed by atoms with Crippen LogP contribution in [0.1, 0.15) is 30.3 Å². The van der Waals surface area contributed by atoms with Crippen molar-refractivity contribution in [1.82, 2.24) is 15.3 Å². The van der Waals surface area contributed by atoms with Gasteiger partial charge >= 0.3 is 0 Å². The molecule has 0 fully saturated rings. The number of H-pyrrole nitrogens is 1. The van der Waals surface area contributed by atoms with E-state index < -0.39 is 0 Å². The Morgan fingerprint density at radius 1 is 1.29 bits per heavy atom. The first-order valence-electron chi connectivity index (χ1n) is 6.10. The summed E-state index contributed by atoms with van der Waals surface area (Å²) in [7, 11) is 1.98. The number of aryl methyl sites for hydroxylation is 1. The molecular weight excluding hydrogens is 210 g/mol. The number of nitrogens with one attached hydrogen (secondary N) is 2. The van der Waals surface area contributed by atoms with E-state index in [2.05, 4.69) is 45.6 Å². The average molecular weight is 229 g/mol. The molecule has 90 valence electrons. The summed E-state index contributed by atoms with van der Waals surface area (Å²) in [5.74, 6) is 1.03. The second-order valence-electron chi connectivity index (χ2n) is 4.19. The number of imidazole rings is 1. The molecule has 1 heterocycles. The Balaban J connectivity index is 1.81. The predicted octanol–water partition coefficient (Wildman–Crippen LogP) is 2.69. The largest absolute Gasteiger partial charge is 0.347 e. The Bertz CT molecular complexity index is 408. The van der Waals surface area contributed by atoms with Crippen LogP contribution in [0.2, 0.25) is 0 Å². The minimum absolute atomic E-state index is 0.328. The van der Waals surface area contributed by atoms with Gasteiger partial charge in [-0.1, -0.05) is 30.3 Å². The highest BCUT2D eigenvalue weighted by molar-refractivity contribution is 5.14. The van der Waals surface area contributed by atoms with E-state index in [0.717, 1.165) is 25.1 Å². The van der Waals surface area contributed by atoms with E-state index in [1.807, 2.05) is 13.2 Å². The Morgan fingerprint density at radius 2 is 2.12 bits per heavy atom. The number of hydrogen-bond donors (Lipinski definition) is 2. The van der Waals surface area contributed by atoms with Crippen LogP contribution in [0.4, 0.5) is 0 Å². The van der Waals surface area contributed by atoms with Crippen LogP contribution in [0.25, 0.3) is 0 Å². The van der Waals surface area contributed by atoms with Gasteiger partial charge in [0.2, 0.25) is 0 Å². The van der Waals surface area contributed by atoms with E-state index in [-0.39, 0.29) is 0 Å². The lowest BCUT2D eigenvalue weighted by atomic mass is 10.0. The molecule has 1 atom stereocenters. The van der Waals surface area contributed by atoms with Gasteiger partial charge in [0.1, 0.15) is 5.82 Å². The SMILES string of the molecule is CNC(CCCc1ccccc1)c1ncc[nH]1. The third kappa shape index (κ3) is 3.43. The number of nitrogens with zero attached hydrogens (tertiary/aromatic N) is 1. The molecule has 0 saturated heterocycles. The maximum Gasteiger partial charge on any atom is 0.123 e. The number of aromatic nitrogens is 2. The summed E-state index contributed by atoms with van der Waals surface area (Å²) < 4.78 is 0. The maximum atomic E-state index is 4.30. The Labute approximate surface area is 102 Å². The second kappa shape index (κ2) is 6.21. The van der Waals surface area contributed by atoms with Crippen molar-refractivity contribution in [1.29, 1.82) is 0 Å². The third-order valence-corrected chi connectivity index (χ3v) is 3.00. The van der Waals surface area contributed by atoms with Gasteiger partial charge < -0.3 is 10.3 Å². The molecule has 3 nitrogen and oxygen atoms in total. The van der Waals surface area contributed by atoms with Crippen LogP contribution in [0, 0.1) is 0 Å². The van der Waals surface area contributed by atoms with Crippen LogP contribution in [0.15, 0.2) is 42.7 Å². The zero-order valence-electron chi connectivity index (χ0n) is 10.2. The Morgan fingerprint density at radius 3 is 2.76 bits per heavy atom. The molecule has 0 spiro atoms. The van der Waals surface area contributed by atoms with Crippen molar-refractivity contribution in [2.75, 3.05) is 7.05 Å². The fourth-order valence-electron chi connectivity index (χ4n) is 2.04. The number of hydrogen-bond acceptors (Lipinski definition) is 2. The van der Waals surface area contributed by atoms with Crippen LogP contribution >= 0.6 is 0 Å². The first kappa shape index (κ1) is 11.9. The molecule has 1 unspecified atom stereocenters. The van der Waals surface area contributed by atoms with E-state index in [0.29, 0.717) is 6.04 Å². The topological polar surface area (TPSA) is 40.7 Å². The molecule has 0 aliphatic rings. The van der Waals surface area contributed by atoms with Crippen LogP contribution in [-0.2, 0) is 6.42 Å². The summed E-state index contributed by atoms with van der Waals surface area (Å²) in [6.45, 7) is 0. The molecule has 17 heavy (non-hydrogen) atoms. The highest BCUT2D eigenvalue weighted by Gasteiger charge is 2.10. The third-order valence-electron chi connectivity index (χ3n) is 3.00. The van der Waals surface area contributed by atoms with Crippen molar-refractivity contribution in [2.45, 2.75) is 25.3 Å². The zero-order chi connectivity index (χ0) is 11.9. The molecule has 0 bridgehead atoms. The molecule has 1 aromatic heterocycles. The molecule has 2 rings (SSSR count). The Kier molecular flexibility index (Phi) is 4.33. The molecule has 0 radical (unpaired) electrons. The molecule has 0 saturated carbocycles. The number of benzene rings is 1. The summed E-state index contributed by atoms with van der Waals surface area (Å²) in [4.78, 5) is 7.46. The smallest absolute Gasteiger partial charge is 0.123 e. The first-order chi connectivity index (χ1) is 8.40. The quantitative estimate of drug-likeness (QED) is 0.799. The molecule has 2 N–H and O–H groups in total. The van der Waals surface area contributed by atoms with Crippen LogP contribution in [-0.4, -0.2) is 17.0 Å². The summed E-state index contributed by atoms with van der Waals surface area (Å²) in [5, 5.41) is 3.30. The van der Waals surface area contributed by atoms with E-state index in [9.17, 15) is 0 Å². The second-order valence-corrected chi connectivity index (χ2v) is 4.19. The molecule has 0 aliphatic heterocycles. The van der Waals surface area contributed by atoms with Gasteiger partial charge in [-0.2, -0.15) is 0 Å². The van der Waals surface area contributed by atoms with Crippen molar-refractivity contribution in [2.24, 2.45) is 0 Å². The monoisotopic (exact) mass is 229 g/mol. The van der Waals surface area contributed by atoms with E-state index in [1.165, 1.54) is 5.56 Å².